The van der Waals surface area contributed by atoms with Gasteiger partial charge in [0.05, 0.1) is 36.2 Å². The van der Waals surface area contributed by atoms with Crippen LogP contribution in [0.1, 0.15) is 43.9 Å². The molecule has 6 rings (SSSR count). The molecular formula is C30H34N4O7S. The van der Waals surface area contributed by atoms with Gasteiger partial charge < -0.3 is 24.3 Å². The molecule has 4 heterocycles. The molecule has 0 amide bonds. The second kappa shape index (κ2) is 10.8. The summed E-state index contributed by atoms with van der Waals surface area (Å²) in [5.74, 6) is 0.735. The first-order chi connectivity index (χ1) is 20.1. The summed E-state index contributed by atoms with van der Waals surface area (Å²) in [4.78, 5) is 45.7. The van der Waals surface area contributed by atoms with E-state index in [-0.39, 0.29) is 18.0 Å². The Hall–Kier alpha value is -3.74. The molecule has 4 aromatic rings. The number of para-hydroxylation sites is 1. The number of thiophene rings is 1. The summed E-state index contributed by atoms with van der Waals surface area (Å²) in [6.45, 7) is 6.44. The van der Waals surface area contributed by atoms with Crippen LogP contribution in [0.4, 0.5) is 0 Å². The summed E-state index contributed by atoms with van der Waals surface area (Å²) in [5.41, 5.74) is -1.87. The summed E-state index contributed by atoms with van der Waals surface area (Å²) in [7, 11) is 1.59. The van der Waals surface area contributed by atoms with Gasteiger partial charge >= 0.3 is 11.7 Å². The van der Waals surface area contributed by atoms with E-state index in [0.29, 0.717) is 38.7 Å². The molecule has 1 aliphatic carbocycles. The Balaban J connectivity index is 1.54. The molecule has 2 N–H and O–H groups in total. The van der Waals surface area contributed by atoms with Gasteiger partial charge in [-0.25, -0.2) is 19.1 Å². The molecule has 12 heteroatoms. The maximum absolute atomic E-state index is 14.2. The lowest BCUT2D eigenvalue weighted by Gasteiger charge is -2.27. The van der Waals surface area contributed by atoms with E-state index in [1.807, 2.05) is 24.3 Å². The van der Waals surface area contributed by atoms with Crippen LogP contribution in [0.15, 0.2) is 50.7 Å². The molecule has 0 radical (unpaired) electrons. The normalized spacial score (nSPS) is 21.1. The Morgan fingerprint density at radius 2 is 1.95 bits per heavy atom. The van der Waals surface area contributed by atoms with Crippen molar-refractivity contribution in [3.8, 4) is 16.5 Å². The van der Waals surface area contributed by atoms with E-state index in [0.717, 1.165) is 36.1 Å². The number of carboxylic acid groups (broad SMARTS) is 1. The lowest BCUT2D eigenvalue weighted by atomic mass is 10.0. The first-order valence-corrected chi connectivity index (χ1v) is 14.8. The summed E-state index contributed by atoms with van der Waals surface area (Å²) in [6.07, 6.45) is 4.14. The maximum Gasteiger partial charge on any atom is 0.333 e. The monoisotopic (exact) mass is 594 g/mol. The number of aliphatic carboxylic acids is 1. The van der Waals surface area contributed by atoms with Crippen molar-refractivity contribution in [2.75, 3.05) is 20.2 Å². The van der Waals surface area contributed by atoms with E-state index in [4.69, 9.17) is 13.9 Å². The zero-order chi connectivity index (χ0) is 29.8. The van der Waals surface area contributed by atoms with Crippen LogP contribution in [0.3, 0.4) is 0 Å². The number of aromatic nitrogens is 3. The third-order valence-electron chi connectivity index (χ3n) is 8.72. The Labute approximate surface area is 245 Å². The minimum atomic E-state index is -1.81. The van der Waals surface area contributed by atoms with Crippen molar-refractivity contribution in [1.82, 2.24) is 19.4 Å². The molecule has 2 aliphatic rings. The molecule has 1 saturated carbocycles. The predicted molar refractivity (Wildman–Crippen MR) is 157 cm³/mol. The van der Waals surface area contributed by atoms with Crippen molar-refractivity contribution < 1.29 is 23.8 Å². The van der Waals surface area contributed by atoms with Crippen LogP contribution in [0.2, 0.25) is 0 Å². The van der Waals surface area contributed by atoms with Crippen LogP contribution in [0, 0.1) is 18.8 Å². The molecule has 0 spiro atoms. The summed E-state index contributed by atoms with van der Waals surface area (Å²) < 4.78 is 20.3. The lowest BCUT2D eigenvalue weighted by Crippen LogP contribution is -2.52. The number of nitrogens with one attached hydrogen (secondary N) is 1. The second-order valence-corrected chi connectivity index (χ2v) is 12.6. The highest BCUT2D eigenvalue weighted by atomic mass is 32.1. The number of carboxylic acids is 1. The molecular weight excluding hydrogens is 560 g/mol. The van der Waals surface area contributed by atoms with Gasteiger partial charge in [0.1, 0.15) is 28.5 Å². The van der Waals surface area contributed by atoms with Crippen LogP contribution < -0.4 is 21.3 Å². The molecule has 4 atom stereocenters. The summed E-state index contributed by atoms with van der Waals surface area (Å²) in [6, 6.07) is 7.53. The van der Waals surface area contributed by atoms with Crippen molar-refractivity contribution in [3.63, 3.8) is 0 Å². The summed E-state index contributed by atoms with van der Waals surface area (Å²) in [5, 5.41) is 13.8. The highest BCUT2D eigenvalue weighted by Gasteiger charge is 2.40. The van der Waals surface area contributed by atoms with Gasteiger partial charge in [0.15, 0.2) is 0 Å². The topological polar surface area (TPSA) is 138 Å². The fraction of sp³-hybridized carbons (Fsp3) is 0.467. The Kier molecular flexibility index (Phi) is 7.32. The Morgan fingerprint density at radius 3 is 2.60 bits per heavy atom. The number of hydrogen-bond donors (Lipinski definition) is 2. The van der Waals surface area contributed by atoms with E-state index >= 15 is 0 Å². The molecule has 42 heavy (non-hydrogen) atoms. The molecule has 1 aromatic carbocycles. The average molecular weight is 595 g/mol. The molecule has 1 aliphatic heterocycles. The number of methoxy groups -OCH3 is 1. The van der Waals surface area contributed by atoms with Crippen molar-refractivity contribution in [3.05, 3.63) is 68.7 Å². The Bertz CT molecular complexity index is 1740. The van der Waals surface area contributed by atoms with Crippen LogP contribution in [0.25, 0.3) is 21.0 Å². The van der Waals surface area contributed by atoms with E-state index in [2.05, 4.69) is 10.3 Å². The molecule has 0 bridgehead atoms. The number of aryl methyl sites for hydroxylation is 1. The first-order valence-electron chi connectivity index (χ1n) is 14.0. The van der Waals surface area contributed by atoms with E-state index in [1.165, 1.54) is 42.2 Å². The van der Waals surface area contributed by atoms with Gasteiger partial charge in [-0.3, -0.25) is 9.36 Å². The summed E-state index contributed by atoms with van der Waals surface area (Å²) >= 11 is 1.22. The predicted octanol–water partition coefficient (Wildman–Crippen LogP) is 3.77. The Morgan fingerprint density at radius 1 is 1.24 bits per heavy atom. The maximum atomic E-state index is 14.2. The highest BCUT2D eigenvalue weighted by molar-refractivity contribution is 7.22. The van der Waals surface area contributed by atoms with Crippen LogP contribution in [-0.4, -0.2) is 51.5 Å². The number of rotatable bonds is 9. The lowest BCUT2D eigenvalue weighted by molar-refractivity contribution is -0.146. The van der Waals surface area contributed by atoms with E-state index in [1.54, 1.807) is 14.0 Å². The zero-order valence-corrected chi connectivity index (χ0v) is 24.8. The second-order valence-electron chi connectivity index (χ2n) is 11.6. The van der Waals surface area contributed by atoms with Crippen molar-refractivity contribution in [2.24, 2.45) is 11.8 Å². The fourth-order valence-electron chi connectivity index (χ4n) is 6.40. The first kappa shape index (κ1) is 28.4. The number of hydrogen-bond acceptors (Lipinski definition) is 9. The molecule has 11 nitrogen and oxygen atoms in total. The third-order valence-corrected chi connectivity index (χ3v) is 10.0. The van der Waals surface area contributed by atoms with E-state index < -0.39 is 28.9 Å². The van der Waals surface area contributed by atoms with Gasteiger partial charge in [-0.05, 0) is 70.2 Å². The zero-order valence-electron chi connectivity index (χ0n) is 24.0. The number of ether oxygens (including phenoxy) is 2. The molecule has 3 aromatic heterocycles. The van der Waals surface area contributed by atoms with Crippen molar-refractivity contribution >= 4 is 27.5 Å². The van der Waals surface area contributed by atoms with Gasteiger partial charge in [-0.2, -0.15) is 0 Å². The molecule has 1 saturated heterocycles. The SMILES string of the molecule is COc1ccccc1[C@H](Cn1c(=O)n(C(C)(C)C(=O)O)c(=O)c2c(C)c(-c3ncco3)sc21)O[C@H]1C[C@H]2CNC[C@H]2C1. The number of oxazole rings is 1. The number of nitrogens with zero attached hydrogens (tertiary/aromatic N) is 3. The number of carbonyl (C=O) groups is 1. The number of fused-ring (bicyclic) bond motifs is 2. The van der Waals surface area contributed by atoms with Gasteiger partial charge in [0, 0.05) is 5.56 Å². The fourth-order valence-corrected chi connectivity index (χ4v) is 7.64. The molecule has 222 valence electrons. The smallest absolute Gasteiger partial charge is 0.333 e. The van der Waals surface area contributed by atoms with Gasteiger partial charge in [0.25, 0.3) is 5.56 Å². The van der Waals surface area contributed by atoms with Crippen LogP contribution in [-0.2, 0) is 21.6 Å². The quantitative estimate of drug-likeness (QED) is 0.297. The highest BCUT2D eigenvalue weighted by Crippen LogP contribution is 2.41. The minimum Gasteiger partial charge on any atom is -0.496 e. The minimum absolute atomic E-state index is 0.0162. The number of benzene rings is 1. The van der Waals surface area contributed by atoms with Crippen LogP contribution >= 0.6 is 11.3 Å². The average Bonchev–Trinajstić information content (AvgIpc) is 3.75. The largest absolute Gasteiger partial charge is 0.496 e. The standard InChI is InChI=1S/C30H34N4O7S/c1-16-23-26(35)34(30(2,3)28(36)37)29(38)33(27(23)42-24(16)25-32-9-10-40-25)15-22(20-7-5-6-8-21(20)39-4)41-19-11-17-13-31-14-18(17)12-19/h5-10,17-19,22,31H,11-15H2,1-4H3,(H,36,37)/t17-,18+,19-,22-/m0/s1. The van der Waals surface area contributed by atoms with Gasteiger partial charge in [-0.1, -0.05) is 18.2 Å². The molecule has 0 unspecified atom stereocenters. The van der Waals surface area contributed by atoms with Crippen molar-refractivity contribution in [2.45, 2.75) is 57.9 Å². The van der Waals surface area contributed by atoms with Crippen LogP contribution in [0.5, 0.6) is 5.75 Å². The van der Waals surface area contributed by atoms with E-state index in [9.17, 15) is 19.5 Å². The van der Waals surface area contributed by atoms with Crippen molar-refractivity contribution in [1.29, 1.82) is 0 Å². The molecule has 2 fully saturated rings. The van der Waals surface area contributed by atoms with Gasteiger partial charge in [0.2, 0.25) is 5.89 Å². The van der Waals surface area contributed by atoms with Gasteiger partial charge in [-0.15, -0.1) is 11.3 Å². The third kappa shape index (κ3) is 4.67.